The zero-order valence-corrected chi connectivity index (χ0v) is 16.5. The van der Waals surface area contributed by atoms with Crippen molar-refractivity contribution >= 4 is 29.9 Å². The van der Waals surface area contributed by atoms with Crippen LogP contribution in [0.15, 0.2) is 4.99 Å². The van der Waals surface area contributed by atoms with Gasteiger partial charge in [-0.05, 0) is 38.3 Å². The molecule has 0 aliphatic carbocycles. The van der Waals surface area contributed by atoms with Crippen LogP contribution in [-0.4, -0.2) is 50.6 Å². The summed E-state index contributed by atoms with van der Waals surface area (Å²) in [6.07, 6.45) is 7.94. The highest BCUT2D eigenvalue weighted by molar-refractivity contribution is 14.0. The molecule has 0 aromatic carbocycles. The minimum Gasteiger partial charge on any atom is -0.356 e. The number of rotatable bonds is 8. The SMILES string of the molecule is CCCCCNC(=NC)NCC(C)CN1CCCCC1.I. The summed E-state index contributed by atoms with van der Waals surface area (Å²) in [7, 11) is 1.85. The molecule has 4 nitrogen and oxygen atoms in total. The summed E-state index contributed by atoms with van der Waals surface area (Å²) in [6.45, 7) is 10.4. The van der Waals surface area contributed by atoms with Crippen molar-refractivity contribution in [1.82, 2.24) is 15.5 Å². The molecule has 21 heavy (non-hydrogen) atoms. The van der Waals surface area contributed by atoms with E-state index in [2.05, 4.69) is 34.4 Å². The Morgan fingerprint density at radius 2 is 1.86 bits per heavy atom. The smallest absolute Gasteiger partial charge is 0.190 e. The lowest BCUT2D eigenvalue weighted by Gasteiger charge is -2.29. The van der Waals surface area contributed by atoms with Crippen LogP contribution in [0, 0.1) is 5.92 Å². The van der Waals surface area contributed by atoms with Gasteiger partial charge in [-0.2, -0.15) is 0 Å². The standard InChI is InChI=1S/C16H34N4.HI/c1-4-5-7-10-18-16(17-3)19-13-15(2)14-20-11-8-6-9-12-20;/h15H,4-14H2,1-3H3,(H2,17,18,19);1H. The van der Waals surface area contributed by atoms with Crippen molar-refractivity contribution in [3.8, 4) is 0 Å². The molecule has 1 aliphatic heterocycles. The van der Waals surface area contributed by atoms with Crippen LogP contribution in [0.4, 0.5) is 0 Å². The second-order valence-corrected chi connectivity index (χ2v) is 6.05. The summed E-state index contributed by atoms with van der Waals surface area (Å²) < 4.78 is 0. The van der Waals surface area contributed by atoms with E-state index in [0.717, 1.165) is 19.0 Å². The first kappa shape index (κ1) is 21.0. The highest BCUT2D eigenvalue weighted by Crippen LogP contribution is 2.10. The van der Waals surface area contributed by atoms with Crippen molar-refractivity contribution in [2.75, 3.05) is 39.8 Å². The normalized spacial score (nSPS) is 18.0. The van der Waals surface area contributed by atoms with Crippen molar-refractivity contribution in [1.29, 1.82) is 0 Å². The monoisotopic (exact) mass is 410 g/mol. The van der Waals surface area contributed by atoms with Gasteiger partial charge < -0.3 is 15.5 Å². The third-order valence-electron chi connectivity index (χ3n) is 3.93. The molecule has 0 amide bonds. The lowest BCUT2D eigenvalue weighted by Crippen LogP contribution is -2.42. The zero-order chi connectivity index (χ0) is 14.6. The van der Waals surface area contributed by atoms with E-state index in [4.69, 9.17) is 0 Å². The predicted molar refractivity (Wildman–Crippen MR) is 104 cm³/mol. The number of halogens is 1. The van der Waals surface area contributed by atoms with Crippen LogP contribution < -0.4 is 10.6 Å². The Labute approximate surface area is 148 Å². The van der Waals surface area contributed by atoms with Gasteiger partial charge in [-0.3, -0.25) is 4.99 Å². The first-order chi connectivity index (χ1) is 9.76. The Morgan fingerprint density at radius 3 is 2.48 bits per heavy atom. The molecule has 0 bridgehead atoms. The minimum absolute atomic E-state index is 0. The molecule has 1 heterocycles. The topological polar surface area (TPSA) is 39.7 Å². The maximum absolute atomic E-state index is 4.29. The second kappa shape index (κ2) is 13.6. The maximum Gasteiger partial charge on any atom is 0.190 e. The van der Waals surface area contributed by atoms with Crippen molar-refractivity contribution in [3.05, 3.63) is 0 Å². The van der Waals surface area contributed by atoms with E-state index in [1.807, 2.05) is 7.05 Å². The number of piperidine rings is 1. The van der Waals surface area contributed by atoms with Gasteiger partial charge in [0.1, 0.15) is 0 Å². The van der Waals surface area contributed by atoms with E-state index in [1.54, 1.807) is 0 Å². The molecule has 0 spiro atoms. The number of likely N-dealkylation sites (tertiary alicyclic amines) is 1. The van der Waals surface area contributed by atoms with Gasteiger partial charge >= 0.3 is 0 Å². The van der Waals surface area contributed by atoms with E-state index >= 15 is 0 Å². The zero-order valence-electron chi connectivity index (χ0n) is 14.2. The van der Waals surface area contributed by atoms with Crippen molar-refractivity contribution in [2.24, 2.45) is 10.9 Å². The largest absolute Gasteiger partial charge is 0.356 e. The number of unbranched alkanes of at least 4 members (excludes halogenated alkanes) is 2. The van der Waals surface area contributed by atoms with Gasteiger partial charge in [0.2, 0.25) is 0 Å². The highest BCUT2D eigenvalue weighted by atomic mass is 127. The summed E-state index contributed by atoms with van der Waals surface area (Å²) >= 11 is 0. The Hall–Kier alpha value is -0.0400. The van der Waals surface area contributed by atoms with Gasteiger partial charge in [0, 0.05) is 26.7 Å². The van der Waals surface area contributed by atoms with Crippen LogP contribution in [0.2, 0.25) is 0 Å². The number of nitrogens with zero attached hydrogens (tertiary/aromatic N) is 2. The van der Waals surface area contributed by atoms with Gasteiger partial charge in [-0.15, -0.1) is 24.0 Å². The van der Waals surface area contributed by atoms with Gasteiger partial charge in [0.15, 0.2) is 5.96 Å². The third-order valence-corrected chi connectivity index (χ3v) is 3.93. The van der Waals surface area contributed by atoms with E-state index in [1.165, 1.54) is 58.2 Å². The van der Waals surface area contributed by atoms with Crippen LogP contribution >= 0.6 is 24.0 Å². The maximum atomic E-state index is 4.29. The van der Waals surface area contributed by atoms with Crippen LogP contribution in [0.3, 0.4) is 0 Å². The van der Waals surface area contributed by atoms with E-state index in [-0.39, 0.29) is 24.0 Å². The summed E-state index contributed by atoms with van der Waals surface area (Å²) in [5.74, 6) is 1.62. The van der Waals surface area contributed by atoms with Gasteiger partial charge in [-0.1, -0.05) is 33.1 Å². The van der Waals surface area contributed by atoms with Crippen LogP contribution in [0.25, 0.3) is 0 Å². The van der Waals surface area contributed by atoms with Crippen molar-refractivity contribution in [3.63, 3.8) is 0 Å². The van der Waals surface area contributed by atoms with E-state index in [0.29, 0.717) is 5.92 Å². The molecule has 0 radical (unpaired) electrons. The van der Waals surface area contributed by atoms with Crippen LogP contribution in [0.1, 0.15) is 52.4 Å². The third kappa shape index (κ3) is 10.3. The summed E-state index contributed by atoms with van der Waals surface area (Å²) in [6, 6.07) is 0. The molecule has 0 aromatic rings. The Kier molecular flexibility index (Phi) is 13.6. The number of guanidine groups is 1. The summed E-state index contributed by atoms with van der Waals surface area (Å²) in [5, 5.41) is 6.84. The molecule has 1 aliphatic rings. The summed E-state index contributed by atoms with van der Waals surface area (Å²) in [4.78, 5) is 6.89. The quantitative estimate of drug-likeness (QED) is 0.280. The fourth-order valence-electron chi connectivity index (χ4n) is 2.72. The van der Waals surface area contributed by atoms with Crippen molar-refractivity contribution < 1.29 is 0 Å². The molecule has 1 fully saturated rings. The molecule has 1 atom stereocenters. The van der Waals surface area contributed by atoms with E-state index < -0.39 is 0 Å². The fourth-order valence-corrected chi connectivity index (χ4v) is 2.72. The van der Waals surface area contributed by atoms with Gasteiger partial charge in [0.05, 0.1) is 0 Å². The molecule has 0 aromatic heterocycles. The first-order valence-electron chi connectivity index (χ1n) is 8.43. The molecular formula is C16H35IN4. The Bertz CT molecular complexity index is 265. The fraction of sp³-hybridized carbons (Fsp3) is 0.938. The van der Waals surface area contributed by atoms with Crippen molar-refractivity contribution in [2.45, 2.75) is 52.4 Å². The molecule has 2 N–H and O–H groups in total. The van der Waals surface area contributed by atoms with Crippen LogP contribution in [-0.2, 0) is 0 Å². The lowest BCUT2D eigenvalue weighted by atomic mass is 10.1. The van der Waals surface area contributed by atoms with Gasteiger partial charge in [-0.25, -0.2) is 0 Å². The predicted octanol–water partition coefficient (Wildman–Crippen LogP) is 3.08. The number of aliphatic imine (C=N–C) groups is 1. The molecule has 0 saturated carbocycles. The number of hydrogen-bond acceptors (Lipinski definition) is 2. The molecule has 126 valence electrons. The molecule has 1 rings (SSSR count). The summed E-state index contributed by atoms with van der Waals surface area (Å²) in [5.41, 5.74) is 0. The Balaban J connectivity index is 0.00000400. The second-order valence-electron chi connectivity index (χ2n) is 6.05. The average molecular weight is 410 g/mol. The lowest BCUT2D eigenvalue weighted by molar-refractivity contribution is 0.201. The first-order valence-corrected chi connectivity index (χ1v) is 8.43. The molecular weight excluding hydrogens is 375 g/mol. The molecule has 1 saturated heterocycles. The minimum atomic E-state index is 0. The molecule has 5 heteroatoms. The highest BCUT2D eigenvalue weighted by Gasteiger charge is 2.13. The molecule has 1 unspecified atom stereocenters. The number of hydrogen-bond donors (Lipinski definition) is 2. The van der Waals surface area contributed by atoms with Crippen LogP contribution in [0.5, 0.6) is 0 Å². The average Bonchev–Trinajstić information content (AvgIpc) is 2.47. The Morgan fingerprint density at radius 1 is 1.14 bits per heavy atom. The van der Waals surface area contributed by atoms with E-state index in [9.17, 15) is 0 Å². The van der Waals surface area contributed by atoms with Gasteiger partial charge in [0.25, 0.3) is 0 Å². The number of nitrogens with one attached hydrogen (secondary N) is 2.